The number of fused-ring (bicyclic) bond motifs is 1. The van der Waals surface area contributed by atoms with Gasteiger partial charge in [-0.25, -0.2) is 0 Å². The molecule has 0 aromatic heterocycles. The number of halogens is 2. The average Bonchev–Trinajstić information content (AvgIpc) is 2.28. The van der Waals surface area contributed by atoms with Gasteiger partial charge in [0, 0.05) is 5.56 Å². The molecule has 1 aromatic rings. The first-order chi connectivity index (χ1) is 7.13. The number of hydrogen-bond acceptors (Lipinski definition) is 2. The third kappa shape index (κ3) is 1.78. The summed E-state index contributed by atoms with van der Waals surface area (Å²) in [6.07, 6.45) is 1.55. The van der Waals surface area contributed by atoms with Crippen LogP contribution in [0.25, 0.3) is 0 Å². The molecular formula is C11H9F2NO. The Labute approximate surface area is 86.1 Å². The van der Waals surface area contributed by atoms with Crippen molar-refractivity contribution in [2.75, 3.05) is 6.61 Å². The van der Waals surface area contributed by atoms with Crippen LogP contribution in [-0.2, 0) is 12.3 Å². The van der Waals surface area contributed by atoms with E-state index < -0.39 is 5.92 Å². The van der Waals surface area contributed by atoms with E-state index in [1.807, 2.05) is 0 Å². The van der Waals surface area contributed by atoms with Gasteiger partial charge in [-0.15, -0.1) is 0 Å². The smallest absolute Gasteiger partial charge is 0.357 e. The highest BCUT2D eigenvalue weighted by Gasteiger charge is 2.32. The number of ether oxygens (including phenoxy) is 1. The Morgan fingerprint density at radius 2 is 2.20 bits per heavy atom. The number of hydrogen-bond donors (Lipinski definition) is 0. The van der Waals surface area contributed by atoms with Gasteiger partial charge in [0.15, 0.2) is 0 Å². The van der Waals surface area contributed by atoms with Crippen molar-refractivity contribution in [1.82, 2.24) is 0 Å². The van der Waals surface area contributed by atoms with Gasteiger partial charge >= 0.3 is 5.92 Å². The van der Waals surface area contributed by atoms with Crippen molar-refractivity contribution in [3.8, 4) is 11.8 Å². The fourth-order valence-electron chi connectivity index (χ4n) is 1.62. The number of nitriles is 1. The maximum absolute atomic E-state index is 13.1. The minimum absolute atomic E-state index is 0.255. The van der Waals surface area contributed by atoms with Crippen molar-refractivity contribution in [3.05, 3.63) is 29.3 Å². The first kappa shape index (κ1) is 9.91. The van der Waals surface area contributed by atoms with Crippen molar-refractivity contribution in [3.63, 3.8) is 0 Å². The van der Waals surface area contributed by atoms with Crippen molar-refractivity contribution in [2.45, 2.75) is 18.8 Å². The number of alkyl halides is 2. The van der Waals surface area contributed by atoms with Crippen LogP contribution in [0.1, 0.15) is 17.5 Å². The van der Waals surface area contributed by atoms with E-state index >= 15 is 0 Å². The maximum atomic E-state index is 13.1. The highest BCUT2D eigenvalue weighted by Crippen LogP contribution is 2.32. The molecule has 15 heavy (non-hydrogen) atoms. The summed E-state index contributed by atoms with van der Waals surface area (Å²) < 4.78 is 31.4. The predicted molar refractivity (Wildman–Crippen MR) is 49.8 cm³/mol. The minimum Gasteiger partial charge on any atom is -0.493 e. The molecule has 0 radical (unpaired) electrons. The second-order valence-electron chi connectivity index (χ2n) is 3.46. The lowest BCUT2D eigenvalue weighted by Crippen LogP contribution is -2.13. The molecule has 0 saturated heterocycles. The van der Waals surface area contributed by atoms with Gasteiger partial charge in [-0.05, 0) is 36.6 Å². The lowest BCUT2D eigenvalue weighted by molar-refractivity contribution is 0.0610. The summed E-state index contributed by atoms with van der Waals surface area (Å²) in [6, 6.07) is 5.10. The highest BCUT2D eigenvalue weighted by atomic mass is 19.3. The van der Waals surface area contributed by atoms with Gasteiger partial charge in [0.1, 0.15) is 11.8 Å². The SMILES string of the molecule is N#CC(F)(F)c1ccc2c(c1)CCCO2. The third-order valence-electron chi connectivity index (χ3n) is 2.41. The van der Waals surface area contributed by atoms with Gasteiger partial charge < -0.3 is 4.74 Å². The Hall–Kier alpha value is -1.63. The molecule has 78 valence electrons. The van der Waals surface area contributed by atoms with Crippen LogP contribution in [0.5, 0.6) is 5.75 Å². The number of aryl methyl sites for hydroxylation is 1. The quantitative estimate of drug-likeness (QED) is 0.712. The molecule has 1 heterocycles. The van der Waals surface area contributed by atoms with Gasteiger partial charge in [0.2, 0.25) is 0 Å². The summed E-state index contributed by atoms with van der Waals surface area (Å²) in [5.74, 6) is -2.76. The number of benzene rings is 1. The van der Waals surface area contributed by atoms with Crippen LogP contribution >= 0.6 is 0 Å². The van der Waals surface area contributed by atoms with Gasteiger partial charge in [-0.1, -0.05) is 0 Å². The fourth-order valence-corrected chi connectivity index (χ4v) is 1.62. The van der Waals surface area contributed by atoms with Crippen LogP contribution in [0.15, 0.2) is 18.2 Å². The molecule has 0 N–H and O–H groups in total. The first-order valence-electron chi connectivity index (χ1n) is 4.69. The van der Waals surface area contributed by atoms with Gasteiger partial charge in [0.05, 0.1) is 6.61 Å². The number of rotatable bonds is 1. The molecule has 1 aliphatic rings. The lowest BCUT2D eigenvalue weighted by atomic mass is 10.0. The summed E-state index contributed by atoms with van der Waals surface area (Å²) in [4.78, 5) is 0. The van der Waals surface area contributed by atoms with Crippen molar-refractivity contribution in [1.29, 1.82) is 5.26 Å². The van der Waals surface area contributed by atoms with E-state index in [1.165, 1.54) is 18.2 Å². The highest BCUT2D eigenvalue weighted by molar-refractivity contribution is 5.41. The number of nitrogens with zero attached hydrogens (tertiary/aromatic N) is 1. The van der Waals surface area contributed by atoms with Gasteiger partial charge in [0.25, 0.3) is 0 Å². The fraction of sp³-hybridized carbons (Fsp3) is 0.364. The molecule has 2 nitrogen and oxygen atoms in total. The molecule has 0 saturated carbocycles. The molecule has 2 rings (SSSR count). The maximum Gasteiger partial charge on any atom is 0.357 e. The molecule has 0 spiro atoms. The Kier molecular flexibility index (Phi) is 2.31. The van der Waals surface area contributed by atoms with E-state index in [9.17, 15) is 8.78 Å². The lowest BCUT2D eigenvalue weighted by Gasteiger charge is -2.18. The van der Waals surface area contributed by atoms with E-state index in [0.717, 1.165) is 24.5 Å². The second-order valence-corrected chi connectivity index (χ2v) is 3.46. The molecule has 0 fully saturated rings. The Morgan fingerprint density at radius 1 is 1.40 bits per heavy atom. The Balaban J connectivity index is 2.41. The van der Waals surface area contributed by atoms with E-state index in [2.05, 4.69) is 0 Å². The largest absolute Gasteiger partial charge is 0.493 e. The molecule has 0 bridgehead atoms. The zero-order chi connectivity index (χ0) is 10.9. The van der Waals surface area contributed by atoms with Crippen LogP contribution in [0.2, 0.25) is 0 Å². The Bertz CT molecular complexity index is 423. The summed E-state index contributed by atoms with van der Waals surface area (Å²) in [6.45, 7) is 0.626. The van der Waals surface area contributed by atoms with Crippen molar-refractivity contribution in [2.24, 2.45) is 0 Å². The summed E-state index contributed by atoms with van der Waals surface area (Å²) >= 11 is 0. The standard InChI is InChI=1S/C11H9F2NO/c12-11(13,7-14)9-3-4-10-8(6-9)2-1-5-15-10/h3-4,6H,1-2,5H2. The first-order valence-corrected chi connectivity index (χ1v) is 4.69. The van der Waals surface area contributed by atoms with Crippen LogP contribution in [0.4, 0.5) is 8.78 Å². The molecule has 0 amide bonds. The summed E-state index contributed by atoms with van der Waals surface area (Å²) in [7, 11) is 0. The Morgan fingerprint density at radius 3 is 2.93 bits per heavy atom. The summed E-state index contributed by atoms with van der Waals surface area (Å²) in [5, 5.41) is 8.32. The molecule has 0 unspecified atom stereocenters. The van der Waals surface area contributed by atoms with Crippen LogP contribution in [0, 0.1) is 11.3 Å². The normalized spacial score (nSPS) is 15.0. The molecule has 1 aliphatic heterocycles. The predicted octanol–water partition coefficient (Wildman–Crippen LogP) is 2.63. The molecule has 0 atom stereocenters. The summed E-state index contributed by atoms with van der Waals surface area (Å²) in [5.41, 5.74) is 0.503. The van der Waals surface area contributed by atoms with Gasteiger partial charge in [-0.2, -0.15) is 14.0 Å². The molecule has 1 aromatic carbocycles. The van der Waals surface area contributed by atoms with Crippen LogP contribution < -0.4 is 4.74 Å². The molecule has 4 heteroatoms. The average molecular weight is 209 g/mol. The van der Waals surface area contributed by atoms with E-state index in [0.29, 0.717) is 12.4 Å². The van der Waals surface area contributed by atoms with E-state index in [1.54, 1.807) is 0 Å². The van der Waals surface area contributed by atoms with Crippen LogP contribution in [-0.4, -0.2) is 6.61 Å². The zero-order valence-electron chi connectivity index (χ0n) is 7.96. The zero-order valence-corrected chi connectivity index (χ0v) is 7.96. The third-order valence-corrected chi connectivity index (χ3v) is 2.41. The minimum atomic E-state index is -3.41. The van der Waals surface area contributed by atoms with Crippen molar-refractivity contribution >= 4 is 0 Å². The molecule has 0 aliphatic carbocycles. The van der Waals surface area contributed by atoms with Gasteiger partial charge in [-0.3, -0.25) is 0 Å². The topological polar surface area (TPSA) is 33.0 Å². The van der Waals surface area contributed by atoms with Crippen LogP contribution in [0.3, 0.4) is 0 Å². The second kappa shape index (κ2) is 3.50. The monoisotopic (exact) mass is 209 g/mol. The van der Waals surface area contributed by atoms with E-state index in [-0.39, 0.29) is 5.56 Å². The molecular weight excluding hydrogens is 200 g/mol. The van der Waals surface area contributed by atoms with Crippen molar-refractivity contribution < 1.29 is 13.5 Å². The van der Waals surface area contributed by atoms with E-state index in [4.69, 9.17) is 10.00 Å².